The van der Waals surface area contributed by atoms with E-state index in [1.165, 1.54) is 23.9 Å². The van der Waals surface area contributed by atoms with Crippen molar-refractivity contribution in [1.82, 2.24) is 10.6 Å². The summed E-state index contributed by atoms with van der Waals surface area (Å²) in [5, 5.41) is 22.8. The van der Waals surface area contributed by atoms with Crippen molar-refractivity contribution in [2.45, 2.75) is 53.5 Å². The number of carbonyl (C=O) groups is 4. The molecule has 12 nitrogen and oxygen atoms in total. The van der Waals surface area contributed by atoms with Crippen molar-refractivity contribution in [1.29, 1.82) is 0 Å². The quantitative estimate of drug-likeness (QED) is 0.163. The molecule has 1 fully saturated rings. The van der Waals surface area contributed by atoms with Crippen LogP contribution in [0.1, 0.15) is 35.2 Å². The first-order valence-electron chi connectivity index (χ1n) is 13.3. The van der Waals surface area contributed by atoms with E-state index in [-0.39, 0.29) is 16.7 Å². The number of halogens is 6. The Morgan fingerprint density at radius 1 is 0.979 bits per heavy atom. The molecule has 3 unspecified atom stereocenters. The number of hydrogen-bond donors (Lipinski definition) is 6. The number of rotatable bonds is 9. The first-order valence-corrected chi connectivity index (χ1v) is 16.2. The zero-order valence-electron chi connectivity index (χ0n) is 24.3. The standard InChI is InChI=1S/C25H29F3N4O6S2.C2HF3O2/c1-39-17-5-7-18(8-6-17)40(37,38)13-14-2-4-16(29)11-21(14)31-22(33)12-30-23(34)19-10-15(25(26,27)28)3-9-20(19)32-24(35)36;3-2(4,5)1(6)7/h3,5-10,14,16,21,32H,2,4,11-13,29H2,1H3,(H,30,34)(H,31,33)(H,35,36);(H,6,7). The second-order valence-corrected chi connectivity index (χ2v) is 13.1. The number of sulfone groups is 1. The predicted octanol–water partition coefficient (Wildman–Crippen LogP) is 3.97. The van der Waals surface area contributed by atoms with Gasteiger partial charge in [-0.2, -0.15) is 26.3 Å². The smallest absolute Gasteiger partial charge is 0.475 e. The Morgan fingerprint density at radius 2 is 1.57 bits per heavy atom. The summed E-state index contributed by atoms with van der Waals surface area (Å²) < 4.78 is 97.3. The molecule has 47 heavy (non-hydrogen) atoms. The molecule has 1 aliphatic carbocycles. The molecule has 1 aliphatic rings. The third kappa shape index (κ3) is 12.2. The molecule has 3 rings (SSSR count). The van der Waals surface area contributed by atoms with Gasteiger partial charge in [0.05, 0.1) is 34.0 Å². The maximum Gasteiger partial charge on any atom is 0.490 e. The van der Waals surface area contributed by atoms with E-state index < -0.39 is 81.4 Å². The molecule has 2 aromatic carbocycles. The third-order valence-electron chi connectivity index (χ3n) is 6.72. The van der Waals surface area contributed by atoms with Gasteiger partial charge in [0.25, 0.3) is 5.91 Å². The summed E-state index contributed by atoms with van der Waals surface area (Å²) in [5.74, 6) is -5.27. The number of alkyl halides is 6. The van der Waals surface area contributed by atoms with Crippen molar-refractivity contribution in [3.8, 4) is 0 Å². The lowest BCUT2D eigenvalue weighted by Gasteiger charge is -2.35. The van der Waals surface area contributed by atoms with Gasteiger partial charge in [0.1, 0.15) is 0 Å². The molecule has 0 heterocycles. The molecule has 3 amide bonds. The van der Waals surface area contributed by atoms with Gasteiger partial charge in [-0.25, -0.2) is 18.0 Å². The normalized spacial score (nSPS) is 18.3. The minimum Gasteiger partial charge on any atom is -0.475 e. The average Bonchev–Trinajstić information content (AvgIpc) is 2.96. The number of nitrogens with two attached hydrogens (primary N) is 1. The van der Waals surface area contributed by atoms with Crippen LogP contribution >= 0.6 is 11.8 Å². The van der Waals surface area contributed by atoms with Crippen molar-refractivity contribution < 1.29 is 64.2 Å². The summed E-state index contributed by atoms with van der Waals surface area (Å²) in [4.78, 5) is 46.3. The van der Waals surface area contributed by atoms with Gasteiger partial charge in [0.2, 0.25) is 5.91 Å². The van der Waals surface area contributed by atoms with Crippen LogP contribution in [0.15, 0.2) is 52.3 Å². The molecular formula is C27H30F6N4O8S2. The van der Waals surface area contributed by atoms with Crippen molar-refractivity contribution in [2.75, 3.05) is 23.9 Å². The highest BCUT2D eigenvalue weighted by molar-refractivity contribution is 7.98. The number of benzene rings is 2. The number of anilines is 1. The summed E-state index contributed by atoms with van der Waals surface area (Å²) in [6.07, 6.45) is -8.30. The molecule has 7 N–H and O–H groups in total. The van der Waals surface area contributed by atoms with Crippen molar-refractivity contribution in [2.24, 2.45) is 11.7 Å². The monoisotopic (exact) mass is 716 g/mol. The van der Waals surface area contributed by atoms with Gasteiger partial charge in [0.15, 0.2) is 9.84 Å². The van der Waals surface area contributed by atoms with Gasteiger partial charge in [-0.15, -0.1) is 11.8 Å². The van der Waals surface area contributed by atoms with E-state index in [4.69, 9.17) is 20.7 Å². The minimum atomic E-state index is -5.08. The van der Waals surface area contributed by atoms with Gasteiger partial charge < -0.3 is 26.6 Å². The number of carbonyl (C=O) groups excluding carboxylic acids is 2. The largest absolute Gasteiger partial charge is 0.490 e. The van der Waals surface area contributed by atoms with E-state index in [1.807, 2.05) is 11.6 Å². The topological polar surface area (TPSA) is 205 Å². The van der Waals surface area contributed by atoms with Crippen molar-refractivity contribution in [3.63, 3.8) is 0 Å². The van der Waals surface area contributed by atoms with Gasteiger partial charge in [0, 0.05) is 17.0 Å². The average molecular weight is 717 g/mol. The van der Waals surface area contributed by atoms with Crippen LogP contribution in [0.4, 0.5) is 36.8 Å². The van der Waals surface area contributed by atoms with Gasteiger partial charge in [-0.1, -0.05) is 0 Å². The summed E-state index contributed by atoms with van der Waals surface area (Å²) in [5.41, 5.74) is 3.86. The Balaban J connectivity index is 0.000000984. The summed E-state index contributed by atoms with van der Waals surface area (Å²) >= 11 is 1.48. The number of nitrogens with one attached hydrogen (secondary N) is 3. The Bertz CT molecular complexity index is 1550. The minimum absolute atomic E-state index is 0.157. The van der Waals surface area contributed by atoms with Crippen LogP contribution in [0, 0.1) is 5.92 Å². The lowest BCUT2D eigenvalue weighted by atomic mass is 9.83. The van der Waals surface area contributed by atoms with Crippen LogP contribution in [0.25, 0.3) is 0 Å². The SMILES string of the molecule is CSc1ccc(S(=O)(=O)CC2CCC(N)CC2NC(=O)CNC(=O)c2cc(C(F)(F)F)ccc2NC(=O)O)cc1.O=C(O)C(F)(F)F. The lowest BCUT2D eigenvalue weighted by molar-refractivity contribution is -0.192. The Morgan fingerprint density at radius 3 is 2.09 bits per heavy atom. The fourth-order valence-corrected chi connectivity index (χ4v) is 6.56. The van der Waals surface area contributed by atoms with Crippen molar-refractivity contribution in [3.05, 3.63) is 53.6 Å². The van der Waals surface area contributed by atoms with Crippen LogP contribution in [0.2, 0.25) is 0 Å². The van der Waals surface area contributed by atoms with Crippen LogP contribution in [-0.2, 0) is 25.6 Å². The molecule has 1 saturated carbocycles. The fourth-order valence-electron chi connectivity index (χ4n) is 4.45. The number of aliphatic carboxylic acids is 1. The van der Waals surface area contributed by atoms with Gasteiger partial charge in [-0.05, 0) is 73.9 Å². The molecule has 0 saturated heterocycles. The second-order valence-electron chi connectivity index (χ2n) is 10.1. The van der Waals surface area contributed by atoms with E-state index in [9.17, 15) is 49.1 Å². The maximum atomic E-state index is 13.1. The number of carboxylic acids is 1. The zero-order valence-corrected chi connectivity index (χ0v) is 25.9. The van der Waals surface area contributed by atoms with E-state index in [2.05, 4.69) is 10.6 Å². The zero-order chi connectivity index (χ0) is 35.7. The highest BCUT2D eigenvalue weighted by Crippen LogP contribution is 2.32. The number of carboxylic acid groups (broad SMARTS) is 2. The van der Waals surface area contributed by atoms with Crippen LogP contribution < -0.4 is 21.7 Å². The Kier molecular flexibility index (Phi) is 13.5. The highest BCUT2D eigenvalue weighted by atomic mass is 32.2. The van der Waals surface area contributed by atoms with E-state index in [0.29, 0.717) is 31.4 Å². The number of thioether (sulfide) groups is 1. The first kappa shape index (κ1) is 39.1. The maximum absolute atomic E-state index is 13.1. The van der Waals surface area contributed by atoms with Crippen LogP contribution in [0.5, 0.6) is 0 Å². The molecule has 0 radical (unpaired) electrons. The molecule has 3 atom stereocenters. The molecular weight excluding hydrogens is 686 g/mol. The summed E-state index contributed by atoms with van der Waals surface area (Å²) in [6.45, 7) is -0.650. The van der Waals surface area contributed by atoms with E-state index in [1.54, 1.807) is 12.1 Å². The third-order valence-corrected chi connectivity index (χ3v) is 9.32. The highest BCUT2D eigenvalue weighted by Gasteiger charge is 2.38. The van der Waals surface area contributed by atoms with Crippen molar-refractivity contribution >= 4 is 51.2 Å². The molecule has 0 bridgehead atoms. The van der Waals surface area contributed by atoms with E-state index >= 15 is 0 Å². The Hall–Kier alpha value is -4.04. The fraction of sp³-hybridized carbons (Fsp3) is 0.407. The molecule has 0 aliphatic heterocycles. The summed E-state index contributed by atoms with van der Waals surface area (Å²) in [7, 11) is -3.68. The van der Waals surface area contributed by atoms with Gasteiger partial charge in [-0.3, -0.25) is 14.9 Å². The molecule has 20 heteroatoms. The first-order chi connectivity index (χ1) is 21.6. The molecule has 2 aromatic rings. The Labute approximate surface area is 268 Å². The number of amides is 3. The summed E-state index contributed by atoms with van der Waals surface area (Å²) in [6, 6.07) is 7.46. The lowest BCUT2D eigenvalue weighted by Crippen LogP contribution is -2.51. The van der Waals surface area contributed by atoms with Gasteiger partial charge >= 0.3 is 24.4 Å². The number of hydrogen-bond acceptors (Lipinski definition) is 8. The van der Waals surface area contributed by atoms with E-state index in [0.717, 1.165) is 11.0 Å². The molecule has 260 valence electrons. The van der Waals surface area contributed by atoms with Crippen LogP contribution in [-0.4, -0.2) is 79.3 Å². The molecule has 0 spiro atoms. The van der Waals surface area contributed by atoms with Crippen LogP contribution in [0.3, 0.4) is 0 Å². The predicted molar refractivity (Wildman–Crippen MR) is 157 cm³/mol. The second kappa shape index (κ2) is 16.2. The molecule has 0 aromatic heterocycles.